The minimum Gasteiger partial charge on any atom is -0.384 e. The molecule has 0 atom stereocenters. The summed E-state index contributed by atoms with van der Waals surface area (Å²) in [5.74, 6) is -0.497. The molecule has 0 aliphatic carbocycles. The number of carbonyl (C=O) groups excluding carboxylic acids is 2. The first-order chi connectivity index (χ1) is 13.6. The van der Waals surface area contributed by atoms with Gasteiger partial charge >= 0.3 is 0 Å². The summed E-state index contributed by atoms with van der Waals surface area (Å²) in [6, 6.07) is 23.6. The first kappa shape index (κ1) is 17.5. The molecule has 0 spiro atoms. The smallest absolute Gasteiger partial charge is 0.263 e. The van der Waals surface area contributed by atoms with Gasteiger partial charge in [-0.2, -0.15) is 0 Å². The number of aryl methyl sites for hydroxylation is 1. The highest BCUT2D eigenvalue weighted by molar-refractivity contribution is 6.19. The lowest BCUT2D eigenvalue weighted by molar-refractivity contribution is 0.0967. The third-order valence-electron chi connectivity index (χ3n) is 4.67. The standard InChI is InChI=1S/C23H19N3O2/c1-15-11-13-16(14-12-15)23(28)26-19-10-6-5-9-18(19)20(21(26)24)22(27)25-17-7-3-2-4-8-17/h2-14H,24H2,1H3,(H,25,27). The zero-order valence-electron chi connectivity index (χ0n) is 15.3. The van der Waals surface area contributed by atoms with Crippen LogP contribution in [-0.4, -0.2) is 16.4 Å². The van der Waals surface area contributed by atoms with Gasteiger partial charge in [0.25, 0.3) is 11.8 Å². The highest BCUT2D eigenvalue weighted by Crippen LogP contribution is 2.30. The number of nitrogens with one attached hydrogen (secondary N) is 1. The monoisotopic (exact) mass is 369 g/mol. The van der Waals surface area contributed by atoms with Gasteiger partial charge in [0, 0.05) is 16.6 Å². The molecule has 1 amide bonds. The molecular formula is C23H19N3O2. The zero-order valence-corrected chi connectivity index (χ0v) is 15.3. The molecule has 3 aromatic carbocycles. The first-order valence-corrected chi connectivity index (χ1v) is 8.93. The summed E-state index contributed by atoms with van der Waals surface area (Å²) < 4.78 is 1.40. The number of benzene rings is 3. The third-order valence-corrected chi connectivity index (χ3v) is 4.67. The first-order valence-electron chi connectivity index (χ1n) is 8.93. The summed E-state index contributed by atoms with van der Waals surface area (Å²) in [5, 5.41) is 3.48. The van der Waals surface area contributed by atoms with Gasteiger partial charge in [0.05, 0.1) is 11.1 Å². The third kappa shape index (κ3) is 3.03. The Morgan fingerprint density at radius 2 is 1.50 bits per heavy atom. The van der Waals surface area contributed by atoms with E-state index in [0.29, 0.717) is 27.7 Å². The number of nitrogens with two attached hydrogens (primary N) is 1. The van der Waals surface area contributed by atoms with Crippen molar-refractivity contribution >= 4 is 34.2 Å². The number of anilines is 2. The van der Waals surface area contributed by atoms with E-state index in [1.807, 2.05) is 49.4 Å². The molecule has 138 valence electrons. The summed E-state index contributed by atoms with van der Waals surface area (Å²) in [6.07, 6.45) is 0. The van der Waals surface area contributed by atoms with Crippen LogP contribution in [0.1, 0.15) is 26.3 Å². The quantitative estimate of drug-likeness (QED) is 0.559. The summed E-state index contributed by atoms with van der Waals surface area (Å²) in [4.78, 5) is 26.1. The Morgan fingerprint density at radius 3 is 2.21 bits per heavy atom. The van der Waals surface area contributed by atoms with Gasteiger partial charge < -0.3 is 11.1 Å². The second-order valence-electron chi connectivity index (χ2n) is 6.60. The second kappa shape index (κ2) is 7.04. The van der Waals surface area contributed by atoms with Crippen LogP contribution in [0.3, 0.4) is 0 Å². The molecule has 0 unspecified atom stereocenters. The summed E-state index contributed by atoms with van der Waals surface area (Å²) in [7, 11) is 0. The average molecular weight is 369 g/mol. The van der Waals surface area contributed by atoms with E-state index in [2.05, 4.69) is 5.32 Å². The predicted molar refractivity (Wildman–Crippen MR) is 112 cm³/mol. The normalized spacial score (nSPS) is 10.8. The maximum absolute atomic E-state index is 13.1. The molecule has 0 saturated heterocycles. The lowest BCUT2D eigenvalue weighted by atomic mass is 10.1. The Balaban J connectivity index is 1.83. The number of carbonyl (C=O) groups is 2. The maximum Gasteiger partial charge on any atom is 0.263 e. The number of nitrogens with zero attached hydrogens (tertiary/aromatic N) is 1. The highest BCUT2D eigenvalue weighted by Gasteiger charge is 2.24. The van der Waals surface area contributed by atoms with Crippen LogP contribution in [0.2, 0.25) is 0 Å². The molecule has 0 aliphatic rings. The van der Waals surface area contributed by atoms with Gasteiger partial charge in [-0.15, -0.1) is 0 Å². The SMILES string of the molecule is Cc1ccc(C(=O)n2c(N)c(C(=O)Nc3ccccc3)c3ccccc32)cc1. The van der Waals surface area contributed by atoms with Crippen LogP contribution >= 0.6 is 0 Å². The lowest BCUT2D eigenvalue weighted by Gasteiger charge is -2.08. The van der Waals surface area contributed by atoms with E-state index in [9.17, 15) is 9.59 Å². The lowest BCUT2D eigenvalue weighted by Crippen LogP contribution is -2.17. The molecule has 0 aliphatic heterocycles. The molecule has 5 heteroatoms. The van der Waals surface area contributed by atoms with E-state index in [1.165, 1.54) is 4.57 Å². The molecule has 4 aromatic rings. The van der Waals surface area contributed by atoms with Gasteiger partial charge in [-0.05, 0) is 37.3 Å². The van der Waals surface area contributed by atoms with Crippen molar-refractivity contribution in [3.8, 4) is 0 Å². The number of para-hydroxylation sites is 2. The average Bonchev–Trinajstić information content (AvgIpc) is 3.00. The molecule has 3 N–H and O–H groups in total. The van der Waals surface area contributed by atoms with Crippen molar-refractivity contribution in [2.45, 2.75) is 6.92 Å². The van der Waals surface area contributed by atoms with E-state index in [1.54, 1.807) is 36.4 Å². The molecule has 0 bridgehead atoms. The van der Waals surface area contributed by atoms with Gasteiger partial charge in [-0.25, -0.2) is 0 Å². The fourth-order valence-corrected chi connectivity index (χ4v) is 3.26. The van der Waals surface area contributed by atoms with Gasteiger partial charge in [0.15, 0.2) is 0 Å². The number of hydrogen-bond acceptors (Lipinski definition) is 3. The highest BCUT2D eigenvalue weighted by atomic mass is 16.2. The molecule has 28 heavy (non-hydrogen) atoms. The number of fused-ring (bicyclic) bond motifs is 1. The fraction of sp³-hybridized carbons (Fsp3) is 0.0435. The van der Waals surface area contributed by atoms with Crippen LogP contribution in [-0.2, 0) is 0 Å². The summed E-state index contributed by atoms with van der Waals surface area (Å²) in [5.41, 5.74) is 9.44. The van der Waals surface area contributed by atoms with E-state index in [0.717, 1.165) is 5.56 Å². The van der Waals surface area contributed by atoms with Crippen LogP contribution in [0.25, 0.3) is 10.9 Å². The largest absolute Gasteiger partial charge is 0.384 e. The number of amides is 1. The molecule has 1 heterocycles. The molecule has 5 nitrogen and oxygen atoms in total. The van der Waals surface area contributed by atoms with Crippen LogP contribution in [0.5, 0.6) is 0 Å². The van der Waals surface area contributed by atoms with Crippen LogP contribution in [0.15, 0.2) is 78.9 Å². The molecule has 0 fully saturated rings. The number of hydrogen-bond donors (Lipinski definition) is 2. The van der Waals surface area contributed by atoms with Gasteiger partial charge in [0.2, 0.25) is 0 Å². The van der Waals surface area contributed by atoms with Crippen molar-refractivity contribution in [3.05, 3.63) is 95.6 Å². The Bertz CT molecular complexity index is 1180. The summed E-state index contributed by atoms with van der Waals surface area (Å²) >= 11 is 0. The molecule has 0 saturated carbocycles. The maximum atomic E-state index is 13.1. The number of rotatable bonds is 3. The van der Waals surface area contributed by atoms with Gasteiger partial charge in [0.1, 0.15) is 5.82 Å². The van der Waals surface area contributed by atoms with Gasteiger partial charge in [-0.1, -0.05) is 54.1 Å². The minimum absolute atomic E-state index is 0.125. The van der Waals surface area contributed by atoms with Crippen LogP contribution in [0.4, 0.5) is 11.5 Å². The zero-order chi connectivity index (χ0) is 19.7. The fourth-order valence-electron chi connectivity index (χ4n) is 3.26. The van der Waals surface area contributed by atoms with Gasteiger partial charge in [-0.3, -0.25) is 14.2 Å². The van der Waals surface area contributed by atoms with Crippen molar-refractivity contribution in [1.82, 2.24) is 4.57 Å². The van der Waals surface area contributed by atoms with Crippen LogP contribution in [0, 0.1) is 6.92 Å². The van der Waals surface area contributed by atoms with E-state index in [4.69, 9.17) is 5.73 Å². The van der Waals surface area contributed by atoms with Crippen LogP contribution < -0.4 is 11.1 Å². The van der Waals surface area contributed by atoms with Crippen molar-refractivity contribution < 1.29 is 9.59 Å². The minimum atomic E-state index is -0.352. The van der Waals surface area contributed by atoms with Crippen molar-refractivity contribution in [2.24, 2.45) is 0 Å². The molecule has 0 radical (unpaired) electrons. The molecular weight excluding hydrogens is 350 g/mol. The number of nitrogen functional groups attached to an aromatic ring is 1. The van der Waals surface area contributed by atoms with Crippen molar-refractivity contribution in [3.63, 3.8) is 0 Å². The molecule has 4 rings (SSSR count). The van der Waals surface area contributed by atoms with E-state index in [-0.39, 0.29) is 17.6 Å². The Hall–Kier alpha value is -3.86. The summed E-state index contributed by atoms with van der Waals surface area (Å²) in [6.45, 7) is 1.96. The van der Waals surface area contributed by atoms with Crippen molar-refractivity contribution in [2.75, 3.05) is 11.1 Å². The van der Waals surface area contributed by atoms with E-state index < -0.39 is 0 Å². The van der Waals surface area contributed by atoms with E-state index >= 15 is 0 Å². The Morgan fingerprint density at radius 1 is 0.857 bits per heavy atom. The Labute approximate surface area is 162 Å². The second-order valence-corrected chi connectivity index (χ2v) is 6.60. The Kier molecular flexibility index (Phi) is 4.41. The topological polar surface area (TPSA) is 77.1 Å². The molecule has 1 aromatic heterocycles. The van der Waals surface area contributed by atoms with Crippen molar-refractivity contribution in [1.29, 1.82) is 0 Å². The number of aromatic nitrogens is 1. The predicted octanol–water partition coefficient (Wildman–Crippen LogP) is 4.47.